The molecule has 2 heteroatoms. The highest BCUT2D eigenvalue weighted by molar-refractivity contribution is 5.54. The molecular weight excluding hydrogens is 220 g/mol. The summed E-state index contributed by atoms with van der Waals surface area (Å²) in [6.45, 7) is 6.56. The maximum absolute atomic E-state index is 4.39. The number of hydrogen-bond acceptors (Lipinski definition) is 2. The number of nitrogens with zero attached hydrogens (tertiary/aromatic N) is 1. The van der Waals surface area contributed by atoms with Crippen molar-refractivity contribution in [2.24, 2.45) is 5.92 Å². The quantitative estimate of drug-likeness (QED) is 0.848. The van der Waals surface area contributed by atoms with Crippen molar-refractivity contribution in [3.05, 3.63) is 23.5 Å². The van der Waals surface area contributed by atoms with E-state index in [0.717, 1.165) is 11.6 Å². The van der Waals surface area contributed by atoms with Crippen LogP contribution in [-0.4, -0.2) is 11.0 Å². The van der Waals surface area contributed by atoms with E-state index in [1.807, 2.05) is 6.20 Å². The van der Waals surface area contributed by atoms with Gasteiger partial charge in [0.25, 0.3) is 0 Å². The van der Waals surface area contributed by atoms with Crippen LogP contribution < -0.4 is 5.32 Å². The first-order valence-electron chi connectivity index (χ1n) is 7.39. The highest BCUT2D eigenvalue weighted by Crippen LogP contribution is 2.30. The fourth-order valence-electron chi connectivity index (χ4n) is 3.12. The predicted molar refractivity (Wildman–Crippen MR) is 78.0 cm³/mol. The molecule has 1 aromatic rings. The van der Waals surface area contributed by atoms with Gasteiger partial charge in [0.05, 0.1) is 11.4 Å². The number of hydrogen-bond donors (Lipinski definition) is 1. The number of aromatic nitrogens is 1. The maximum Gasteiger partial charge on any atom is 0.0606 e. The summed E-state index contributed by atoms with van der Waals surface area (Å²) in [4.78, 5) is 4.39. The third kappa shape index (κ3) is 3.24. The van der Waals surface area contributed by atoms with Crippen LogP contribution in [0, 0.1) is 19.8 Å². The summed E-state index contributed by atoms with van der Waals surface area (Å²) < 4.78 is 0. The van der Waals surface area contributed by atoms with Crippen LogP contribution in [0.3, 0.4) is 0 Å². The number of nitrogens with one attached hydrogen (secondary N) is 1. The molecule has 0 unspecified atom stereocenters. The molecule has 1 aliphatic carbocycles. The molecule has 1 fully saturated rings. The third-order valence-corrected chi connectivity index (χ3v) is 4.24. The van der Waals surface area contributed by atoms with E-state index in [0.29, 0.717) is 6.04 Å². The van der Waals surface area contributed by atoms with Crippen LogP contribution in [0.4, 0.5) is 5.69 Å². The second-order valence-corrected chi connectivity index (χ2v) is 5.74. The van der Waals surface area contributed by atoms with Gasteiger partial charge in [-0.25, -0.2) is 0 Å². The Morgan fingerprint density at radius 2 is 1.94 bits per heavy atom. The van der Waals surface area contributed by atoms with E-state index in [-0.39, 0.29) is 0 Å². The minimum absolute atomic E-state index is 0.653. The molecule has 0 spiro atoms. The fourth-order valence-corrected chi connectivity index (χ4v) is 3.12. The van der Waals surface area contributed by atoms with Crippen molar-refractivity contribution in [3.8, 4) is 0 Å². The average Bonchev–Trinajstić information content (AvgIpc) is 2.36. The first-order chi connectivity index (χ1) is 8.70. The second-order valence-electron chi connectivity index (χ2n) is 5.74. The smallest absolute Gasteiger partial charge is 0.0606 e. The number of rotatable bonds is 4. The van der Waals surface area contributed by atoms with E-state index >= 15 is 0 Å². The van der Waals surface area contributed by atoms with E-state index in [1.54, 1.807) is 0 Å². The van der Waals surface area contributed by atoms with Crippen molar-refractivity contribution in [2.75, 3.05) is 5.32 Å². The molecular formula is C16H26N2. The normalized spacial score (nSPS) is 23.9. The van der Waals surface area contributed by atoms with E-state index in [2.05, 4.69) is 37.1 Å². The van der Waals surface area contributed by atoms with Crippen molar-refractivity contribution in [1.82, 2.24) is 4.98 Å². The van der Waals surface area contributed by atoms with Gasteiger partial charge in [-0.2, -0.15) is 0 Å². The Morgan fingerprint density at radius 1 is 1.22 bits per heavy atom. The van der Waals surface area contributed by atoms with E-state index in [4.69, 9.17) is 0 Å². The molecule has 0 saturated heterocycles. The maximum atomic E-state index is 4.39. The lowest BCUT2D eigenvalue weighted by molar-refractivity contribution is 0.319. The molecule has 100 valence electrons. The van der Waals surface area contributed by atoms with Gasteiger partial charge in [-0.3, -0.25) is 4.98 Å². The van der Waals surface area contributed by atoms with Crippen LogP contribution in [0.5, 0.6) is 0 Å². The van der Waals surface area contributed by atoms with Crippen molar-refractivity contribution in [1.29, 1.82) is 0 Å². The molecule has 1 saturated carbocycles. The summed E-state index contributed by atoms with van der Waals surface area (Å²) in [6.07, 6.45) is 10.1. The first-order valence-corrected chi connectivity index (χ1v) is 7.39. The van der Waals surface area contributed by atoms with Crippen LogP contribution in [0.2, 0.25) is 0 Å². The lowest BCUT2D eigenvalue weighted by Gasteiger charge is -2.30. The molecule has 2 rings (SSSR count). The SMILES string of the molecule is CCCC1CCC(Nc2c(C)ccnc2C)CC1. The molecule has 0 amide bonds. The Bertz CT molecular complexity index is 358. The standard InChI is InChI=1S/C16H26N2/c1-4-5-14-6-8-15(9-7-14)18-16-12(2)10-11-17-13(16)3/h10-11,14-15,18H,4-9H2,1-3H3. The number of pyridine rings is 1. The van der Waals surface area contributed by atoms with Gasteiger partial charge in [-0.15, -0.1) is 0 Å². The number of anilines is 1. The summed E-state index contributed by atoms with van der Waals surface area (Å²) >= 11 is 0. The van der Waals surface area contributed by atoms with Gasteiger partial charge in [0.15, 0.2) is 0 Å². The molecule has 0 atom stereocenters. The molecule has 1 N–H and O–H groups in total. The molecule has 1 aliphatic rings. The molecule has 2 nitrogen and oxygen atoms in total. The lowest BCUT2D eigenvalue weighted by atomic mass is 9.83. The first kappa shape index (κ1) is 13.4. The van der Waals surface area contributed by atoms with E-state index in [1.165, 1.54) is 49.8 Å². The van der Waals surface area contributed by atoms with E-state index in [9.17, 15) is 0 Å². The van der Waals surface area contributed by atoms with Gasteiger partial charge in [-0.1, -0.05) is 19.8 Å². The highest BCUT2D eigenvalue weighted by atomic mass is 14.9. The molecule has 0 radical (unpaired) electrons. The van der Waals surface area contributed by atoms with Gasteiger partial charge in [0, 0.05) is 12.2 Å². The van der Waals surface area contributed by atoms with Crippen molar-refractivity contribution < 1.29 is 0 Å². The van der Waals surface area contributed by atoms with Crippen LogP contribution in [0.15, 0.2) is 12.3 Å². The zero-order valence-corrected chi connectivity index (χ0v) is 12.0. The molecule has 1 heterocycles. The summed E-state index contributed by atoms with van der Waals surface area (Å²) in [5.74, 6) is 0.976. The second kappa shape index (κ2) is 6.21. The summed E-state index contributed by atoms with van der Waals surface area (Å²) in [5, 5.41) is 3.72. The molecule has 0 bridgehead atoms. The Labute approximate surface area is 111 Å². The zero-order valence-electron chi connectivity index (χ0n) is 12.0. The molecule has 0 aromatic carbocycles. The van der Waals surface area contributed by atoms with Crippen molar-refractivity contribution >= 4 is 5.69 Å². The highest BCUT2D eigenvalue weighted by Gasteiger charge is 2.21. The monoisotopic (exact) mass is 246 g/mol. The third-order valence-electron chi connectivity index (χ3n) is 4.24. The van der Waals surface area contributed by atoms with Crippen LogP contribution >= 0.6 is 0 Å². The van der Waals surface area contributed by atoms with Crippen LogP contribution in [0.1, 0.15) is 56.7 Å². The Morgan fingerprint density at radius 3 is 2.56 bits per heavy atom. The minimum Gasteiger partial charge on any atom is -0.381 e. The van der Waals surface area contributed by atoms with Crippen LogP contribution in [0.25, 0.3) is 0 Å². The van der Waals surface area contributed by atoms with Crippen molar-refractivity contribution in [2.45, 2.75) is 65.3 Å². The molecule has 18 heavy (non-hydrogen) atoms. The van der Waals surface area contributed by atoms with Crippen LogP contribution in [-0.2, 0) is 0 Å². The summed E-state index contributed by atoms with van der Waals surface area (Å²) in [7, 11) is 0. The van der Waals surface area contributed by atoms with Gasteiger partial charge in [0.2, 0.25) is 0 Å². The summed E-state index contributed by atoms with van der Waals surface area (Å²) in [6, 6.07) is 2.75. The van der Waals surface area contributed by atoms with Gasteiger partial charge < -0.3 is 5.32 Å². The van der Waals surface area contributed by atoms with E-state index < -0.39 is 0 Å². The summed E-state index contributed by atoms with van der Waals surface area (Å²) in [5.41, 5.74) is 3.71. The lowest BCUT2D eigenvalue weighted by Crippen LogP contribution is -2.26. The minimum atomic E-state index is 0.653. The largest absolute Gasteiger partial charge is 0.381 e. The van der Waals surface area contributed by atoms with Gasteiger partial charge in [-0.05, 0) is 57.1 Å². The Balaban J connectivity index is 1.92. The predicted octanol–water partition coefficient (Wildman–Crippen LogP) is 4.47. The topological polar surface area (TPSA) is 24.9 Å². The Hall–Kier alpha value is -1.05. The van der Waals surface area contributed by atoms with Gasteiger partial charge >= 0.3 is 0 Å². The van der Waals surface area contributed by atoms with Gasteiger partial charge in [0.1, 0.15) is 0 Å². The number of aryl methyl sites for hydroxylation is 2. The average molecular weight is 246 g/mol. The molecule has 1 aromatic heterocycles. The zero-order chi connectivity index (χ0) is 13.0. The molecule has 0 aliphatic heterocycles. The van der Waals surface area contributed by atoms with Crippen molar-refractivity contribution in [3.63, 3.8) is 0 Å². The Kier molecular flexibility index (Phi) is 4.62. The fraction of sp³-hybridized carbons (Fsp3) is 0.688.